The zero-order valence-electron chi connectivity index (χ0n) is 8.94. The maximum absolute atomic E-state index is 5.26. The lowest BCUT2D eigenvalue weighted by Gasteiger charge is -2.15. The molecular weight excluding hydrogens is 208 g/mol. The fourth-order valence-electron chi connectivity index (χ4n) is 2.56. The van der Waals surface area contributed by atoms with Gasteiger partial charge in [0.15, 0.2) is 4.77 Å². The van der Waals surface area contributed by atoms with E-state index in [1.165, 1.54) is 25.8 Å². The number of hydrogen-bond donors (Lipinski definition) is 1. The maximum atomic E-state index is 5.26. The fourth-order valence-corrected chi connectivity index (χ4v) is 2.89. The number of rotatable bonds is 2. The zero-order chi connectivity index (χ0) is 10.4. The van der Waals surface area contributed by atoms with E-state index in [1.54, 1.807) is 0 Å². The van der Waals surface area contributed by atoms with E-state index >= 15 is 0 Å². The zero-order valence-corrected chi connectivity index (χ0v) is 9.76. The highest BCUT2D eigenvalue weighted by Crippen LogP contribution is 2.33. The molecule has 0 bridgehead atoms. The Kier molecular flexibility index (Phi) is 2.17. The van der Waals surface area contributed by atoms with Crippen molar-refractivity contribution in [3.8, 4) is 0 Å². The standard InChI is InChI=1S/C10H16N4S/c1-7-11-12-10(15)14(7)9-4-5-13(6-9)8-2-3-8/h8-9H,2-6H2,1H3,(H,12,15). The predicted octanol–water partition coefficient (Wildman–Crippen LogP) is 1.66. The summed E-state index contributed by atoms with van der Waals surface area (Å²) in [5.41, 5.74) is 0. The summed E-state index contributed by atoms with van der Waals surface area (Å²) in [5.74, 6) is 1.02. The Balaban J connectivity index is 1.81. The second-order valence-electron chi connectivity index (χ2n) is 4.61. The van der Waals surface area contributed by atoms with E-state index in [0.29, 0.717) is 6.04 Å². The molecule has 1 saturated heterocycles. The summed E-state index contributed by atoms with van der Waals surface area (Å²) in [6.07, 6.45) is 4.00. The molecule has 0 spiro atoms. The smallest absolute Gasteiger partial charge is 0.195 e. The average Bonchev–Trinajstić information content (AvgIpc) is 2.87. The Bertz CT molecular complexity index is 417. The molecular formula is C10H16N4S. The van der Waals surface area contributed by atoms with Crippen molar-refractivity contribution < 1.29 is 0 Å². The molecule has 2 heterocycles. The summed E-state index contributed by atoms with van der Waals surface area (Å²) in [7, 11) is 0. The Morgan fingerprint density at radius 3 is 2.73 bits per heavy atom. The molecule has 1 atom stereocenters. The highest BCUT2D eigenvalue weighted by atomic mass is 32.1. The van der Waals surface area contributed by atoms with Crippen molar-refractivity contribution in [1.29, 1.82) is 0 Å². The molecule has 1 aromatic rings. The van der Waals surface area contributed by atoms with E-state index in [4.69, 9.17) is 12.2 Å². The second kappa shape index (κ2) is 3.42. The molecule has 82 valence electrons. The molecule has 0 amide bonds. The average molecular weight is 224 g/mol. The van der Waals surface area contributed by atoms with E-state index in [2.05, 4.69) is 19.7 Å². The van der Waals surface area contributed by atoms with Crippen molar-refractivity contribution in [3.05, 3.63) is 10.6 Å². The van der Waals surface area contributed by atoms with Gasteiger partial charge in [0.1, 0.15) is 5.82 Å². The van der Waals surface area contributed by atoms with Crippen molar-refractivity contribution in [1.82, 2.24) is 19.7 Å². The van der Waals surface area contributed by atoms with Gasteiger partial charge in [-0.15, -0.1) is 0 Å². The van der Waals surface area contributed by atoms with Crippen molar-refractivity contribution in [2.24, 2.45) is 0 Å². The third-order valence-corrected chi connectivity index (χ3v) is 3.79. The first-order chi connectivity index (χ1) is 7.25. The van der Waals surface area contributed by atoms with Gasteiger partial charge in [-0.25, -0.2) is 0 Å². The van der Waals surface area contributed by atoms with Crippen LogP contribution in [0.5, 0.6) is 0 Å². The molecule has 3 rings (SSSR count). The van der Waals surface area contributed by atoms with Crippen LogP contribution in [0.4, 0.5) is 0 Å². The van der Waals surface area contributed by atoms with Crippen LogP contribution in [-0.2, 0) is 0 Å². The Hall–Kier alpha value is -0.680. The molecule has 15 heavy (non-hydrogen) atoms. The molecule has 1 aliphatic carbocycles. The number of aryl methyl sites for hydroxylation is 1. The quantitative estimate of drug-likeness (QED) is 0.776. The summed E-state index contributed by atoms with van der Waals surface area (Å²) in [5, 5.41) is 7.04. The molecule has 2 aliphatic rings. The van der Waals surface area contributed by atoms with Gasteiger partial charge in [0.2, 0.25) is 0 Å². The Morgan fingerprint density at radius 1 is 1.33 bits per heavy atom. The lowest BCUT2D eigenvalue weighted by atomic mass is 10.2. The van der Waals surface area contributed by atoms with Crippen molar-refractivity contribution in [3.63, 3.8) is 0 Å². The van der Waals surface area contributed by atoms with E-state index < -0.39 is 0 Å². The van der Waals surface area contributed by atoms with E-state index in [-0.39, 0.29) is 0 Å². The molecule has 1 aliphatic heterocycles. The molecule has 0 radical (unpaired) electrons. The largest absolute Gasteiger partial charge is 0.300 e. The summed E-state index contributed by atoms with van der Waals surface area (Å²) in [6, 6.07) is 1.41. The minimum Gasteiger partial charge on any atom is -0.300 e. The third kappa shape index (κ3) is 1.63. The van der Waals surface area contributed by atoms with E-state index in [0.717, 1.165) is 23.2 Å². The van der Waals surface area contributed by atoms with Gasteiger partial charge < -0.3 is 0 Å². The normalized spacial score (nSPS) is 27.4. The minimum absolute atomic E-state index is 0.539. The molecule has 0 aromatic carbocycles. The van der Waals surface area contributed by atoms with E-state index in [1.807, 2.05) is 6.92 Å². The SMILES string of the molecule is Cc1n[nH]c(=S)n1C1CCN(C2CC2)C1. The molecule has 2 fully saturated rings. The number of likely N-dealkylation sites (tertiary alicyclic amines) is 1. The fraction of sp³-hybridized carbons (Fsp3) is 0.800. The number of aromatic nitrogens is 3. The van der Waals surface area contributed by atoms with Gasteiger partial charge in [-0.2, -0.15) is 5.10 Å². The molecule has 1 N–H and O–H groups in total. The summed E-state index contributed by atoms with van der Waals surface area (Å²) >= 11 is 5.26. The highest BCUT2D eigenvalue weighted by molar-refractivity contribution is 7.71. The highest BCUT2D eigenvalue weighted by Gasteiger charge is 2.35. The molecule has 1 unspecified atom stereocenters. The third-order valence-electron chi connectivity index (χ3n) is 3.50. The molecule has 1 aromatic heterocycles. The van der Waals surface area contributed by atoms with Gasteiger partial charge in [-0.1, -0.05) is 0 Å². The molecule has 5 heteroatoms. The van der Waals surface area contributed by atoms with Crippen LogP contribution in [0, 0.1) is 11.7 Å². The first-order valence-electron chi connectivity index (χ1n) is 5.63. The number of nitrogens with zero attached hydrogens (tertiary/aromatic N) is 3. The van der Waals surface area contributed by atoms with Crippen molar-refractivity contribution >= 4 is 12.2 Å². The number of aromatic amines is 1. The van der Waals surface area contributed by atoms with Crippen LogP contribution in [0.2, 0.25) is 0 Å². The van der Waals surface area contributed by atoms with Crippen LogP contribution in [0.15, 0.2) is 0 Å². The lowest BCUT2D eigenvalue weighted by molar-refractivity contribution is 0.312. The summed E-state index contributed by atoms with van der Waals surface area (Å²) < 4.78 is 2.95. The second-order valence-corrected chi connectivity index (χ2v) is 5.00. The summed E-state index contributed by atoms with van der Waals surface area (Å²) in [4.78, 5) is 2.60. The van der Waals surface area contributed by atoms with Crippen LogP contribution in [0.1, 0.15) is 31.1 Å². The van der Waals surface area contributed by atoms with Crippen LogP contribution in [0.3, 0.4) is 0 Å². The van der Waals surface area contributed by atoms with Gasteiger partial charge in [-0.05, 0) is 38.4 Å². The van der Waals surface area contributed by atoms with Gasteiger partial charge in [-0.3, -0.25) is 14.6 Å². The van der Waals surface area contributed by atoms with Gasteiger partial charge in [0, 0.05) is 19.1 Å². The first-order valence-corrected chi connectivity index (χ1v) is 6.04. The van der Waals surface area contributed by atoms with Crippen molar-refractivity contribution in [2.45, 2.75) is 38.3 Å². The van der Waals surface area contributed by atoms with Crippen molar-refractivity contribution in [2.75, 3.05) is 13.1 Å². The van der Waals surface area contributed by atoms with Crippen LogP contribution in [0.25, 0.3) is 0 Å². The number of hydrogen-bond acceptors (Lipinski definition) is 3. The Labute approximate surface area is 94.3 Å². The van der Waals surface area contributed by atoms with Crippen LogP contribution in [-0.4, -0.2) is 38.8 Å². The first kappa shape index (κ1) is 9.54. The predicted molar refractivity (Wildman–Crippen MR) is 60.4 cm³/mol. The van der Waals surface area contributed by atoms with Gasteiger partial charge >= 0.3 is 0 Å². The number of nitrogens with one attached hydrogen (secondary N) is 1. The Morgan fingerprint density at radius 2 is 2.13 bits per heavy atom. The maximum Gasteiger partial charge on any atom is 0.195 e. The number of H-pyrrole nitrogens is 1. The minimum atomic E-state index is 0.539. The van der Waals surface area contributed by atoms with Crippen LogP contribution < -0.4 is 0 Å². The molecule has 1 saturated carbocycles. The molecule has 4 nitrogen and oxygen atoms in total. The topological polar surface area (TPSA) is 36.9 Å². The lowest BCUT2D eigenvalue weighted by Crippen LogP contribution is -2.24. The summed E-state index contributed by atoms with van der Waals surface area (Å²) in [6.45, 7) is 4.40. The van der Waals surface area contributed by atoms with Gasteiger partial charge in [0.25, 0.3) is 0 Å². The van der Waals surface area contributed by atoms with Gasteiger partial charge in [0.05, 0.1) is 6.04 Å². The monoisotopic (exact) mass is 224 g/mol. The van der Waals surface area contributed by atoms with Crippen LogP contribution >= 0.6 is 12.2 Å². The van der Waals surface area contributed by atoms with E-state index in [9.17, 15) is 0 Å².